The van der Waals surface area contributed by atoms with Crippen molar-refractivity contribution in [1.29, 1.82) is 0 Å². The van der Waals surface area contributed by atoms with Crippen LogP contribution in [-0.2, 0) is 45.4 Å². The number of ketones is 1. The molecule has 9 rings (SSSR count). The number of ether oxygens (including phenoxy) is 4. The highest BCUT2D eigenvalue weighted by atomic mass is 32.2. The third kappa shape index (κ3) is 10.9. The van der Waals surface area contributed by atoms with Gasteiger partial charge in [0.2, 0.25) is 0 Å². The Kier molecular flexibility index (Phi) is 16.1. The Morgan fingerprint density at radius 2 is 1.41 bits per heavy atom. The molecule has 0 aliphatic carbocycles. The minimum Gasteiger partial charge on any atom is -0.507 e. The van der Waals surface area contributed by atoms with Gasteiger partial charge in [-0.3, -0.25) is 4.79 Å². The van der Waals surface area contributed by atoms with Gasteiger partial charge in [-0.1, -0.05) is 103 Å². The van der Waals surface area contributed by atoms with Gasteiger partial charge in [0, 0.05) is 71.3 Å². The molecule has 3 N–H and O–H groups in total. The number of anilines is 1. The number of aromatic hydroxyl groups is 1. The van der Waals surface area contributed by atoms with E-state index in [1.54, 1.807) is 87.0 Å². The molecule has 402 valence electrons. The number of amides is 1. The van der Waals surface area contributed by atoms with E-state index in [2.05, 4.69) is 12.2 Å². The lowest BCUT2D eigenvalue weighted by Crippen LogP contribution is -2.50. The number of carboxylic acid groups (broad SMARTS) is 1. The first kappa shape index (κ1) is 54.4. The maximum Gasteiger partial charge on any atom is 0.424 e. The number of hydrogen-bond acceptors (Lipinski definition) is 12. The van der Waals surface area contributed by atoms with Gasteiger partial charge in [-0.2, -0.15) is 4.31 Å². The first-order chi connectivity index (χ1) is 37.5. The minimum atomic E-state index is -4.93. The summed E-state index contributed by atoms with van der Waals surface area (Å²) in [6.07, 6.45) is -0.511. The summed E-state index contributed by atoms with van der Waals surface area (Å²) in [7, 11) is 1.93. The highest BCUT2D eigenvalue weighted by Crippen LogP contribution is 2.48. The van der Waals surface area contributed by atoms with Crippen LogP contribution in [0.15, 0.2) is 150 Å². The van der Waals surface area contributed by atoms with Crippen molar-refractivity contribution in [2.24, 2.45) is 0 Å². The molecule has 3 atom stereocenters. The van der Waals surface area contributed by atoms with Crippen LogP contribution in [0.1, 0.15) is 75.6 Å². The molecule has 1 aliphatic rings. The minimum absolute atomic E-state index is 0.0862. The summed E-state index contributed by atoms with van der Waals surface area (Å²) in [6.45, 7) is 5.98. The normalized spacial score (nSPS) is 14.6. The third-order valence-corrected chi connectivity index (χ3v) is 16.3. The fraction of sp³-hybridized carbons (Fsp3) is 0.254. The second-order valence-electron chi connectivity index (χ2n) is 19.9. The average Bonchev–Trinajstić information content (AvgIpc) is 3.62. The Morgan fingerprint density at radius 3 is 2.10 bits per heavy atom. The molecule has 15 heteroatoms. The number of benzene rings is 8. The lowest BCUT2D eigenvalue weighted by molar-refractivity contribution is -0.141. The lowest BCUT2D eigenvalue weighted by Gasteiger charge is -2.33. The van der Waals surface area contributed by atoms with Gasteiger partial charge in [0.15, 0.2) is 11.8 Å². The maximum atomic E-state index is 15.2. The summed E-state index contributed by atoms with van der Waals surface area (Å²) in [5.41, 5.74) is 8.02. The van der Waals surface area contributed by atoms with E-state index in [-0.39, 0.29) is 48.1 Å². The van der Waals surface area contributed by atoms with Gasteiger partial charge < -0.3 is 39.4 Å². The molecular formula is C63H63N3O11S. The van der Waals surface area contributed by atoms with Crippen LogP contribution in [-0.4, -0.2) is 87.8 Å². The van der Waals surface area contributed by atoms with E-state index in [0.717, 1.165) is 49.8 Å². The van der Waals surface area contributed by atoms with Crippen LogP contribution in [0.3, 0.4) is 0 Å². The number of hydrogen-bond donors (Lipinski definition) is 3. The van der Waals surface area contributed by atoms with Gasteiger partial charge in [-0.25, -0.2) is 18.0 Å². The summed E-state index contributed by atoms with van der Waals surface area (Å²) >= 11 is 0. The van der Waals surface area contributed by atoms with Gasteiger partial charge in [-0.05, 0) is 121 Å². The standard InChI is InChI=1S/C63H63N3O11S/c1-38-33-55(75-7)59-49(20-12-22-54(59)74-6)57(38)51-36-45(50-34-39(2)64-40(3)58(50)61(51)68)17-14-32-76-63(71)66(78(72,73)56-23-13-18-47-48(56)19-11-21-52(47)65(4)5)53(62(69)70)35-41-26-30-46(31-27-41)77-37-42-24-28-44(29-25-42)60(67)43-15-9-8-10-16-43/h8-13,15-16,18-31,33,36,39-40,53,64,68H,14,17,32,34-35,37H2,1-7H3,(H,69,70)/t39-,40-,53+/m1/s1. The van der Waals surface area contributed by atoms with Gasteiger partial charge >= 0.3 is 12.1 Å². The molecule has 0 bridgehead atoms. The van der Waals surface area contributed by atoms with Gasteiger partial charge in [0.05, 0.1) is 31.1 Å². The summed E-state index contributed by atoms with van der Waals surface area (Å²) in [5, 5.41) is 29.2. The van der Waals surface area contributed by atoms with Crippen LogP contribution >= 0.6 is 0 Å². The Balaban J connectivity index is 0.993. The van der Waals surface area contributed by atoms with E-state index < -0.39 is 34.5 Å². The smallest absolute Gasteiger partial charge is 0.424 e. The van der Waals surface area contributed by atoms with Crippen LogP contribution in [0.4, 0.5) is 10.5 Å². The topological polar surface area (TPSA) is 181 Å². The fourth-order valence-electron chi connectivity index (χ4n) is 10.8. The second-order valence-corrected chi connectivity index (χ2v) is 21.7. The van der Waals surface area contributed by atoms with Crippen LogP contribution in [0, 0.1) is 6.92 Å². The monoisotopic (exact) mass is 1070 g/mol. The van der Waals surface area contributed by atoms with Crippen molar-refractivity contribution < 1.29 is 52.0 Å². The number of phenolic OH excluding ortho intramolecular Hbond substituents is 1. The molecular weight excluding hydrogens is 1010 g/mol. The number of phenols is 1. The van der Waals surface area contributed by atoms with Crippen LogP contribution in [0.25, 0.3) is 32.7 Å². The van der Waals surface area contributed by atoms with E-state index in [1.165, 1.54) is 6.07 Å². The molecule has 1 amide bonds. The van der Waals surface area contributed by atoms with Crippen LogP contribution in [0.5, 0.6) is 23.0 Å². The van der Waals surface area contributed by atoms with Gasteiger partial charge in [-0.15, -0.1) is 0 Å². The summed E-state index contributed by atoms with van der Waals surface area (Å²) < 4.78 is 54.2. The zero-order valence-electron chi connectivity index (χ0n) is 44.7. The predicted octanol–water partition coefficient (Wildman–Crippen LogP) is 11.6. The first-order valence-corrected chi connectivity index (χ1v) is 27.3. The molecule has 1 heterocycles. The number of carbonyl (C=O) groups excluding carboxylic acids is 2. The van der Waals surface area contributed by atoms with Crippen molar-refractivity contribution >= 4 is 55.1 Å². The number of sulfonamides is 1. The molecule has 0 spiro atoms. The molecule has 0 aromatic heterocycles. The van der Waals surface area contributed by atoms with Gasteiger partial charge in [0.1, 0.15) is 29.6 Å². The number of nitrogens with one attached hydrogen (secondary N) is 1. The molecule has 0 unspecified atom stereocenters. The zero-order chi connectivity index (χ0) is 55.4. The van der Waals surface area contributed by atoms with Crippen molar-refractivity contribution in [2.45, 2.75) is 76.1 Å². The largest absolute Gasteiger partial charge is 0.507 e. The number of aliphatic carboxylic acids is 1. The number of nitrogens with zero attached hydrogens (tertiary/aromatic N) is 2. The Morgan fingerprint density at radius 1 is 0.756 bits per heavy atom. The van der Waals surface area contributed by atoms with E-state index in [4.69, 9.17) is 18.9 Å². The summed E-state index contributed by atoms with van der Waals surface area (Å²) in [5.74, 6) is 0.209. The van der Waals surface area contributed by atoms with Crippen LogP contribution in [0.2, 0.25) is 0 Å². The van der Waals surface area contributed by atoms with E-state index >= 15 is 8.42 Å². The first-order valence-electron chi connectivity index (χ1n) is 25.8. The molecule has 0 saturated heterocycles. The third-order valence-electron chi connectivity index (χ3n) is 14.5. The number of carbonyl (C=O) groups is 3. The number of aryl methyl sites for hydroxylation is 2. The lowest BCUT2D eigenvalue weighted by atomic mass is 9.81. The predicted molar refractivity (Wildman–Crippen MR) is 303 cm³/mol. The molecule has 78 heavy (non-hydrogen) atoms. The summed E-state index contributed by atoms with van der Waals surface area (Å²) in [4.78, 5) is 42.6. The molecule has 0 fully saturated rings. The Hall–Kier alpha value is -8.40. The SMILES string of the molecule is COc1cccc2c(-c3cc(CCCOC(=O)N([C@@H](Cc4ccc(OCc5ccc(C(=O)c6ccccc6)cc5)cc4)C(=O)O)S(=O)(=O)c4cccc5c(N(C)C)cccc45)c4c(c3O)[C@@H](C)N[C@H](C)C4)c(C)cc(OC)c12. The molecule has 0 saturated carbocycles. The van der Waals surface area contributed by atoms with Crippen molar-refractivity contribution in [3.05, 3.63) is 190 Å². The van der Waals surface area contributed by atoms with E-state index in [0.29, 0.717) is 67.4 Å². The Labute approximate surface area is 454 Å². The number of fused-ring (bicyclic) bond motifs is 3. The molecule has 14 nitrogen and oxygen atoms in total. The van der Waals surface area contributed by atoms with Gasteiger partial charge in [0.25, 0.3) is 10.0 Å². The quantitative estimate of drug-likeness (QED) is 0.0514. The molecule has 1 aliphatic heterocycles. The van der Waals surface area contributed by atoms with Crippen molar-refractivity contribution in [3.63, 3.8) is 0 Å². The average molecular weight is 1070 g/mol. The van der Waals surface area contributed by atoms with E-state index in [1.807, 2.05) is 99.6 Å². The summed E-state index contributed by atoms with van der Waals surface area (Å²) in [6, 6.07) is 40.1. The highest BCUT2D eigenvalue weighted by Gasteiger charge is 2.42. The second kappa shape index (κ2) is 23.1. The molecule has 8 aromatic carbocycles. The Bertz CT molecular complexity index is 3660. The van der Waals surface area contributed by atoms with Crippen molar-refractivity contribution in [2.75, 3.05) is 39.8 Å². The highest BCUT2D eigenvalue weighted by molar-refractivity contribution is 7.90. The van der Waals surface area contributed by atoms with Crippen LogP contribution < -0.4 is 24.4 Å². The molecule has 0 radical (unpaired) electrons. The fourth-order valence-corrected chi connectivity index (χ4v) is 12.4. The number of methoxy groups -OCH3 is 2. The number of carboxylic acids is 1. The maximum absolute atomic E-state index is 15.2. The van der Waals surface area contributed by atoms with Crippen molar-refractivity contribution in [1.82, 2.24) is 9.62 Å². The molecule has 8 aromatic rings. The van der Waals surface area contributed by atoms with E-state index in [9.17, 15) is 24.6 Å². The number of rotatable bonds is 19. The zero-order valence-corrected chi connectivity index (χ0v) is 45.5. The van der Waals surface area contributed by atoms with Crippen molar-refractivity contribution in [3.8, 4) is 34.1 Å².